The molecule has 0 spiro atoms. The molecule has 1 aromatic heterocycles. The summed E-state index contributed by atoms with van der Waals surface area (Å²) in [6.45, 7) is 0. The summed E-state index contributed by atoms with van der Waals surface area (Å²) >= 11 is 0. The predicted octanol–water partition coefficient (Wildman–Crippen LogP) is 3.79. The van der Waals surface area contributed by atoms with E-state index in [1.807, 2.05) is 60.7 Å². The molecular weight excluding hydrogens is 252 g/mol. The average Bonchev–Trinajstić information content (AvgIpc) is 2.88. The Morgan fingerprint density at radius 2 is 1.40 bits per heavy atom. The molecule has 0 amide bonds. The van der Waals surface area contributed by atoms with Gasteiger partial charge in [-0.25, -0.2) is 0 Å². The van der Waals surface area contributed by atoms with Crippen LogP contribution in [0.4, 0.5) is 11.4 Å². The molecule has 0 saturated carbocycles. The molecule has 0 atom stereocenters. The van der Waals surface area contributed by atoms with Gasteiger partial charge in [-0.15, -0.1) is 5.11 Å². The van der Waals surface area contributed by atoms with Gasteiger partial charge >= 0.3 is 0 Å². The van der Waals surface area contributed by atoms with Crippen molar-refractivity contribution in [2.75, 3.05) is 0 Å². The Hall–Kier alpha value is -2.95. The van der Waals surface area contributed by atoms with Gasteiger partial charge in [-0.3, -0.25) is 15.0 Å². The second-order valence-corrected chi connectivity index (χ2v) is 4.20. The minimum atomic E-state index is -0.288. The smallest absolute Gasteiger partial charge is 0.292 e. The number of nitrogens with zero attached hydrogens (tertiary/aromatic N) is 2. The van der Waals surface area contributed by atoms with Crippen molar-refractivity contribution in [3.63, 3.8) is 0 Å². The van der Waals surface area contributed by atoms with E-state index in [4.69, 9.17) is 0 Å². The minimum absolute atomic E-state index is 0.278. The van der Waals surface area contributed by atoms with Crippen LogP contribution in [0.2, 0.25) is 0 Å². The highest BCUT2D eigenvalue weighted by atomic mass is 16.1. The molecular formula is C15H12N4O. The Bertz CT molecular complexity index is 772. The Kier molecular flexibility index (Phi) is 3.24. The lowest BCUT2D eigenvalue weighted by Gasteiger charge is -1.97. The van der Waals surface area contributed by atoms with E-state index in [0.717, 1.165) is 5.56 Å². The molecule has 5 heteroatoms. The van der Waals surface area contributed by atoms with Crippen molar-refractivity contribution in [1.82, 2.24) is 10.2 Å². The van der Waals surface area contributed by atoms with Gasteiger partial charge in [-0.1, -0.05) is 48.5 Å². The second-order valence-electron chi connectivity index (χ2n) is 4.20. The Morgan fingerprint density at radius 3 is 2.10 bits per heavy atom. The SMILES string of the molecule is O=c1[nH][nH]c(-c2ccccc2)c1N=Nc1ccccc1. The molecule has 3 aromatic rings. The molecule has 0 saturated heterocycles. The first kappa shape index (κ1) is 12.1. The molecule has 98 valence electrons. The van der Waals surface area contributed by atoms with Gasteiger partial charge in [0.2, 0.25) is 0 Å². The molecule has 5 nitrogen and oxygen atoms in total. The first-order valence-electron chi connectivity index (χ1n) is 6.17. The van der Waals surface area contributed by atoms with Crippen LogP contribution < -0.4 is 5.56 Å². The highest BCUT2D eigenvalue weighted by molar-refractivity contribution is 5.70. The molecule has 1 heterocycles. The monoisotopic (exact) mass is 264 g/mol. The van der Waals surface area contributed by atoms with Crippen LogP contribution in [-0.2, 0) is 0 Å². The molecule has 3 rings (SSSR count). The van der Waals surface area contributed by atoms with Crippen LogP contribution in [-0.4, -0.2) is 10.2 Å². The number of hydrogen-bond donors (Lipinski definition) is 2. The number of aromatic nitrogens is 2. The van der Waals surface area contributed by atoms with Crippen molar-refractivity contribution in [3.05, 3.63) is 71.0 Å². The van der Waals surface area contributed by atoms with Crippen molar-refractivity contribution in [3.8, 4) is 11.3 Å². The maximum atomic E-state index is 11.8. The van der Waals surface area contributed by atoms with E-state index in [2.05, 4.69) is 20.4 Å². The van der Waals surface area contributed by atoms with Gasteiger partial charge in [0.05, 0.1) is 11.4 Å². The Labute approximate surface area is 115 Å². The van der Waals surface area contributed by atoms with Crippen LogP contribution >= 0.6 is 0 Å². The van der Waals surface area contributed by atoms with Gasteiger partial charge in [0.15, 0.2) is 5.69 Å². The first-order valence-corrected chi connectivity index (χ1v) is 6.17. The summed E-state index contributed by atoms with van der Waals surface area (Å²) in [7, 11) is 0. The van der Waals surface area contributed by atoms with Crippen molar-refractivity contribution < 1.29 is 0 Å². The first-order chi connectivity index (χ1) is 9.84. The van der Waals surface area contributed by atoms with E-state index in [1.54, 1.807) is 0 Å². The number of nitrogens with one attached hydrogen (secondary N) is 2. The third-order valence-corrected chi connectivity index (χ3v) is 2.84. The van der Waals surface area contributed by atoms with Gasteiger partial charge < -0.3 is 0 Å². The summed E-state index contributed by atoms with van der Waals surface area (Å²) < 4.78 is 0. The lowest BCUT2D eigenvalue weighted by atomic mass is 10.1. The molecule has 0 fully saturated rings. The van der Waals surface area contributed by atoms with E-state index in [0.29, 0.717) is 11.4 Å². The fourth-order valence-electron chi connectivity index (χ4n) is 1.86. The van der Waals surface area contributed by atoms with Gasteiger partial charge in [0.25, 0.3) is 5.56 Å². The maximum Gasteiger partial charge on any atom is 0.292 e. The summed E-state index contributed by atoms with van der Waals surface area (Å²) in [5, 5.41) is 13.5. The lowest BCUT2D eigenvalue weighted by molar-refractivity contribution is 1.06. The van der Waals surface area contributed by atoms with Crippen molar-refractivity contribution >= 4 is 11.4 Å². The maximum absolute atomic E-state index is 11.8. The van der Waals surface area contributed by atoms with Crippen LogP contribution in [0.1, 0.15) is 0 Å². The van der Waals surface area contributed by atoms with Crippen LogP contribution in [0, 0.1) is 0 Å². The summed E-state index contributed by atoms with van der Waals surface area (Å²) in [5.74, 6) is 0. The van der Waals surface area contributed by atoms with Gasteiger partial charge in [0.1, 0.15) is 0 Å². The number of rotatable bonds is 3. The van der Waals surface area contributed by atoms with E-state index >= 15 is 0 Å². The number of hydrogen-bond acceptors (Lipinski definition) is 3. The number of aromatic amines is 2. The topological polar surface area (TPSA) is 73.4 Å². The molecule has 0 aliphatic rings. The molecule has 0 radical (unpaired) electrons. The normalized spacial score (nSPS) is 11.0. The van der Waals surface area contributed by atoms with E-state index < -0.39 is 0 Å². The summed E-state index contributed by atoms with van der Waals surface area (Å²) in [6.07, 6.45) is 0. The van der Waals surface area contributed by atoms with Gasteiger partial charge in [-0.2, -0.15) is 5.11 Å². The number of H-pyrrole nitrogens is 2. The average molecular weight is 264 g/mol. The lowest BCUT2D eigenvalue weighted by Crippen LogP contribution is -1.96. The largest absolute Gasteiger partial charge is 0.295 e. The number of benzene rings is 2. The van der Waals surface area contributed by atoms with E-state index in [1.165, 1.54) is 0 Å². The predicted molar refractivity (Wildman–Crippen MR) is 77.5 cm³/mol. The standard InChI is InChI=1S/C15H12N4O/c20-15-14(18-16-12-9-5-2-6-10-12)13(17-19-15)11-7-3-1-4-8-11/h1-10H,(H2,17,19,20). The fourth-order valence-corrected chi connectivity index (χ4v) is 1.86. The van der Waals surface area contributed by atoms with Crippen LogP contribution in [0.5, 0.6) is 0 Å². The van der Waals surface area contributed by atoms with Crippen molar-refractivity contribution in [2.24, 2.45) is 10.2 Å². The summed E-state index contributed by atoms with van der Waals surface area (Å²) in [4.78, 5) is 11.8. The molecule has 0 aliphatic heterocycles. The molecule has 2 N–H and O–H groups in total. The zero-order chi connectivity index (χ0) is 13.8. The zero-order valence-electron chi connectivity index (χ0n) is 10.6. The van der Waals surface area contributed by atoms with Crippen molar-refractivity contribution in [2.45, 2.75) is 0 Å². The minimum Gasteiger partial charge on any atom is -0.295 e. The molecule has 0 bridgehead atoms. The van der Waals surface area contributed by atoms with Gasteiger partial charge in [-0.05, 0) is 12.1 Å². The molecule has 0 unspecified atom stereocenters. The summed E-state index contributed by atoms with van der Waals surface area (Å²) in [5.41, 5.74) is 2.21. The fraction of sp³-hybridized carbons (Fsp3) is 0. The third-order valence-electron chi connectivity index (χ3n) is 2.84. The highest BCUT2D eigenvalue weighted by Gasteiger charge is 2.10. The zero-order valence-corrected chi connectivity index (χ0v) is 10.6. The van der Waals surface area contributed by atoms with E-state index in [9.17, 15) is 4.79 Å². The van der Waals surface area contributed by atoms with Crippen LogP contribution in [0.25, 0.3) is 11.3 Å². The Balaban J connectivity index is 2.01. The molecule has 20 heavy (non-hydrogen) atoms. The van der Waals surface area contributed by atoms with Gasteiger partial charge in [0, 0.05) is 5.56 Å². The molecule has 2 aromatic carbocycles. The second kappa shape index (κ2) is 5.36. The quantitative estimate of drug-likeness (QED) is 0.694. The number of azo groups is 1. The molecule has 0 aliphatic carbocycles. The third kappa shape index (κ3) is 2.42. The van der Waals surface area contributed by atoms with Crippen LogP contribution in [0.3, 0.4) is 0 Å². The van der Waals surface area contributed by atoms with E-state index in [-0.39, 0.29) is 11.2 Å². The van der Waals surface area contributed by atoms with Crippen LogP contribution in [0.15, 0.2) is 75.7 Å². The highest BCUT2D eigenvalue weighted by Crippen LogP contribution is 2.25. The summed E-state index contributed by atoms with van der Waals surface area (Å²) in [6, 6.07) is 18.8. The van der Waals surface area contributed by atoms with Crippen molar-refractivity contribution in [1.29, 1.82) is 0 Å². The Morgan fingerprint density at radius 1 is 0.750 bits per heavy atom.